The Kier molecular flexibility index (Phi) is 4.83. The van der Waals surface area contributed by atoms with Crippen molar-refractivity contribution in [2.45, 2.75) is 36.8 Å². The van der Waals surface area contributed by atoms with Gasteiger partial charge in [-0.1, -0.05) is 18.7 Å². The van der Waals surface area contributed by atoms with Gasteiger partial charge in [0.25, 0.3) is 5.22 Å². The molecule has 7 heteroatoms. The molecule has 2 heterocycles. The maximum atomic E-state index is 6.19. The first kappa shape index (κ1) is 14.0. The minimum atomic E-state index is 0.0627. The summed E-state index contributed by atoms with van der Waals surface area (Å²) in [6.07, 6.45) is 0.903. The van der Waals surface area contributed by atoms with Gasteiger partial charge in [-0.2, -0.15) is 0 Å². The molecule has 0 aliphatic heterocycles. The SMILES string of the molecule is CCC(N)C(Sc1nnc(C)o1)c1cc(Br)cs1. The van der Waals surface area contributed by atoms with Crippen molar-refractivity contribution in [3.63, 3.8) is 0 Å². The largest absolute Gasteiger partial charge is 0.416 e. The third kappa shape index (κ3) is 3.34. The highest BCUT2D eigenvalue weighted by molar-refractivity contribution is 9.10. The lowest BCUT2D eigenvalue weighted by atomic mass is 10.1. The minimum Gasteiger partial charge on any atom is -0.416 e. The summed E-state index contributed by atoms with van der Waals surface area (Å²) < 4.78 is 6.50. The van der Waals surface area contributed by atoms with E-state index in [-0.39, 0.29) is 11.3 Å². The van der Waals surface area contributed by atoms with E-state index in [1.165, 1.54) is 16.6 Å². The molecule has 0 fully saturated rings. The zero-order valence-corrected chi connectivity index (χ0v) is 13.3. The molecule has 0 radical (unpaired) electrons. The molecule has 0 aliphatic carbocycles. The zero-order chi connectivity index (χ0) is 13.1. The summed E-state index contributed by atoms with van der Waals surface area (Å²) in [6.45, 7) is 3.87. The number of nitrogens with two attached hydrogens (primary N) is 1. The Morgan fingerprint density at radius 2 is 2.33 bits per heavy atom. The number of halogens is 1. The van der Waals surface area contributed by atoms with Crippen LogP contribution in [0.5, 0.6) is 0 Å². The van der Waals surface area contributed by atoms with Crippen LogP contribution in [0.3, 0.4) is 0 Å². The smallest absolute Gasteiger partial charge is 0.277 e. The summed E-state index contributed by atoms with van der Waals surface area (Å²) >= 11 is 6.69. The van der Waals surface area contributed by atoms with Gasteiger partial charge in [-0.25, -0.2) is 0 Å². The maximum Gasteiger partial charge on any atom is 0.277 e. The van der Waals surface area contributed by atoms with Gasteiger partial charge >= 0.3 is 0 Å². The fourth-order valence-corrected chi connectivity index (χ4v) is 4.32. The number of hydrogen-bond donors (Lipinski definition) is 1. The lowest BCUT2D eigenvalue weighted by molar-refractivity contribution is 0.427. The molecule has 0 saturated heterocycles. The van der Waals surface area contributed by atoms with Crippen molar-refractivity contribution in [3.05, 3.63) is 26.7 Å². The van der Waals surface area contributed by atoms with E-state index in [4.69, 9.17) is 10.2 Å². The van der Waals surface area contributed by atoms with Gasteiger partial charge in [-0.3, -0.25) is 0 Å². The van der Waals surface area contributed by atoms with Gasteiger partial charge < -0.3 is 10.2 Å². The second kappa shape index (κ2) is 6.18. The molecule has 2 rings (SSSR count). The van der Waals surface area contributed by atoms with Crippen LogP contribution in [0.15, 0.2) is 25.6 Å². The Morgan fingerprint density at radius 3 is 2.83 bits per heavy atom. The number of thioether (sulfide) groups is 1. The van der Waals surface area contributed by atoms with Crippen LogP contribution in [0.25, 0.3) is 0 Å². The normalized spacial score (nSPS) is 14.7. The first-order chi connectivity index (χ1) is 8.60. The van der Waals surface area contributed by atoms with Crippen molar-refractivity contribution < 1.29 is 4.42 Å². The number of hydrogen-bond acceptors (Lipinski definition) is 6. The van der Waals surface area contributed by atoms with Crippen LogP contribution >= 0.6 is 39.0 Å². The van der Waals surface area contributed by atoms with Gasteiger partial charge in [0, 0.05) is 27.7 Å². The molecule has 4 nitrogen and oxygen atoms in total. The molecule has 0 bridgehead atoms. The van der Waals surface area contributed by atoms with Crippen LogP contribution in [0.1, 0.15) is 29.4 Å². The predicted octanol–water partition coefficient (Wildman–Crippen LogP) is 3.77. The summed E-state index contributed by atoms with van der Waals surface area (Å²) in [5.41, 5.74) is 6.19. The molecule has 2 atom stereocenters. The summed E-state index contributed by atoms with van der Waals surface area (Å²) in [5, 5.41) is 10.6. The Hall–Kier alpha value is -0.370. The molecule has 2 N–H and O–H groups in total. The molecule has 2 aromatic rings. The molecular weight excluding hydrogens is 334 g/mol. The highest BCUT2D eigenvalue weighted by Gasteiger charge is 2.24. The number of rotatable bonds is 5. The quantitative estimate of drug-likeness (QED) is 0.833. The van der Waals surface area contributed by atoms with Crippen molar-refractivity contribution >= 4 is 39.0 Å². The van der Waals surface area contributed by atoms with E-state index in [0.717, 1.165) is 10.9 Å². The van der Waals surface area contributed by atoms with Gasteiger partial charge in [0.2, 0.25) is 5.89 Å². The standard InChI is InChI=1S/C11H14BrN3OS2/c1-3-8(13)10(9-4-7(12)5-17-9)18-11-15-14-6(2)16-11/h4-5,8,10H,3,13H2,1-2H3. The molecule has 2 aromatic heterocycles. The lowest BCUT2D eigenvalue weighted by Crippen LogP contribution is -2.25. The average Bonchev–Trinajstić information content (AvgIpc) is 2.94. The molecule has 0 saturated carbocycles. The number of nitrogens with zero attached hydrogens (tertiary/aromatic N) is 2. The molecule has 2 unspecified atom stereocenters. The number of aryl methyl sites for hydroxylation is 1. The van der Waals surface area contributed by atoms with Crippen LogP contribution in [0.4, 0.5) is 0 Å². The van der Waals surface area contributed by atoms with Gasteiger partial charge in [-0.15, -0.1) is 21.5 Å². The molecule has 18 heavy (non-hydrogen) atoms. The lowest BCUT2D eigenvalue weighted by Gasteiger charge is -2.19. The van der Waals surface area contributed by atoms with E-state index >= 15 is 0 Å². The van der Waals surface area contributed by atoms with E-state index in [1.807, 2.05) is 0 Å². The summed E-state index contributed by atoms with van der Waals surface area (Å²) in [7, 11) is 0. The summed E-state index contributed by atoms with van der Waals surface area (Å²) in [4.78, 5) is 1.22. The molecule has 0 amide bonds. The van der Waals surface area contributed by atoms with Crippen LogP contribution < -0.4 is 5.73 Å². The third-order valence-corrected chi connectivity index (χ3v) is 5.61. The van der Waals surface area contributed by atoms with Crippen molar-refractivity contribution in [2.24, 2.45) is 5.73 Å². The predicted molar refractivity (Wildman–Crippen MR) is 77.9 cm³/mol. The van der Waals surface area contributed by atoms with Crippen molar-refractivity contribution in [1.82, 2.24) is 10.2 Å². The topological polar surface area (TPSA) is 64.9 Å². The van der Waals surface area contributed by atoms with Gasteiger partial charge in [0.15, 0.2) is 0 Å². The Balaban J connectivity index is 2.20. The second-order valence-corrected chi connectivity index (χ2v) is 6.82. The average molecular weight is 348 g/mol. The van der Waals surface area contributed by atoms with E-state index in [1.54, 1.807) is 18.3 Å². The molecule has 0 spiro atoms. The van der Waals surface area contributed by atoms with Gasteiger partial charge in [0.05, 0.1) is 5.25 Å². The first-order valence-corrected chi connectivity index (χ1v) is 8.11. The number of aromatic nitrogens is 2. The fourth-order valence-electron chi connectivity index (χ4n) is 1.48. The highest BCUT2D eigenvalue weighted by Crippen LogP contribution is 2.40. The van der Waals surface area contributed by atoms with Crippen LogP contribution in [0.2, 0.25) is 0 Å². The monoisotopic (exact) mass is 347 g/mol. The van der Waals surface area contributed by atoms with Crippen LogP contribution in [0, 0.1) is 6.92 Å². The highest BCUT2D eigenvalue weighted by atomic mass is 79.9. The van der Waals surface area contributed by atoms with Crippen molar-refractivity contribution in [3.8, 4) is 0 Å². The number of thiophene rings is 1. The van der Waals surface area contributed by atoms with E-state index in [0.29, 0.717) is 11.1 Å². The Labute approximate surface area is 122 Å². The van der Waals surface area contributed by atoms with Crippen molar-refractivity contribution in [1.29, 1.82) is 0 Å². The third-order valence-electron chi connectivity index (χ3n) is 2.46. The van der Waals surface area contributed by atoms with E-state index in [2.05, 4.69) is 44.5 Å². The van der Waals surface area contributed by atoms with Crippen LogP contribution in [-0.4, -0.2) is 16.2 Å². The van der Waals surface area contributed by atoms with E-state index in [9.17, 15) is 0 Å². The van der Waals surface area contributed by atoms with Gasteiger partial charge in [0.1, 0.15) is 0 Å². The molecule has 98 valence electrons. The zero-order valence-electron chi connectivity index (χ0n) is 10.1. The van der Waals surface area contributed by atoms with E-state index < -0.39 is 0 Å². The van der Waals surface area contributed by atoms with Crippen molar-refractivity contribution in [2.75, 3.05) is 0 Å². The minimum absolute atomic E-state index is 0.0627. The van der Waals surface area contributed by atoms with Gasteiger partial charge in [-0.05, 0) is 28.4 Å². The molecule has 0 aliphatic rings. The summed E-state index contributed by atoms with van der Waals surface area (Å²) in [6, 6.07) is 2.16. The fraction of sp³-hybridized carbons (Fsp3) is 0.455. The first-order valence-electron chi connectivity index (χ1n) is 5.56. The van der Waals surface area contributed by atoms with Crippen LogP contribution in [-0.2, 0) is 0 Å². The Morgan fingerprint density at radius 1 is 1.56 bits per heavy atom. The second-order valence-electron chi connectivity index (χ2n) is 3.86. The molecule has 0 aromatic carbocycles. The summed E-state index contributed by atoms with van der Waals surface area (Å²) in [5.74, 6) is 0.577. The Bertz CT molecular complexity index is 514. The molecular formula is C11H14BrN3OS2. The maximum absolute atomic E-state index is 6.19.